The van der Waals surface area contributed by atoms with Gasteiger partial charge in [0.1, 0.15) is 11.5 Å². The summed E-state index contributed by atoms with van der Waals surface area (Å²) in [7, 11) is 0. The normalized spacial score (nSPS) is 19.3. The Morgan fingerprint density at radius 2 is 1.65 bits per heavy atom. The predicted molar refractivity (Wildman–Crippen MR) is 139 cm³/mol. The van der Waals surface area contributed by atoms with Crippen molar-refractivity contribution in [2.45, 2.75) is 52.2 Å². The molecule has 5 rings (SSSR count). The van der Waals surface area contributed by atoms with E-state index in [1.54, 1.807) is 11.0 Å². The Hall–Kier alpha value is -3.10. The lowest BCUT2D eigenvalue weighted by atomic mass is 9.92. The summed E-state index contributed by atoms with van der Waals surface area (Å²) in [5.74, 6) is -0.593. The number of hydrogen-bond donors (Lipinski definition) is 3. The zero-order chi connectivity index (χ0) is 26.3. The Balaban J connectivity index is 1.15. The van der Waals surface area contributed by atoms with Crippen LogP contribution in [0.25, 0.3) is 0 Å². The van der Waals surface area contributed by atoms with Crippen LogP contribution in [0.1, 0.15) is 65.2 Å². The number of carbonyl (C=O) groups excluding carboxylic acids is 1. The largest absolute Gasteiger partial charge is 0.508 e. The lowest BCUT2D eigenvalue weighted by Gasteiger charge is -2.41. The summed E-state index contributed by atoms with van der Waals surface area (Å²) in [6, 6.07) is 9.35. The molecule has 2 aromatic carbocycles. The van der Waals surface area contributed by atoms with Gasteiger partial charge < -0.3 is 25.1 Å². The van der Waals surface area contributed by atoms with Crippen LogP contribution >= 0.6 is 0 Å². The van der Waals surface area contributed by atoms with Gasteiger partial charge in [-0.25, -0.2) is 0 Å². The van der Waals surface area contributed by atoms with E-state index in [0.717, 1.165) is 50.1 Å². The first-order valence-electron chi connectivity index (χ1n) is 13.3. The van der Waals surface area contributed by atoms with Crippen molar-refractivity contribution < 1.29 is 24.9 Å². The molecule has 3 aliphatic rings. The first-order valence-corrected chi connectivity index (χ1v) is 13.3. The molecular formula is C29H37N3O5. The monoisotopic (exact) mass is 507 g/mol. The van der Waals surface area contributed by atoms with Crippen molar-refractivity contribution in [1.29, 1.82) is 0 Å². The minimum absolute atomic E-state index is 0.00908. The number of piperidine rings is 1. The molecule has 37 heavy (non-hydrogen) atoms. The van der Waals surface area contributed by atoms with Crippen molar-refractivity contribution in [3.05, 3.63) is 58.1 Å². The van der Waals surface area contributed by atoms with E-state index in [-0.39, 0.29) is 34.8 Å². The number of carboxylic acids is 1. The SMILES string of the molecule is CC(C)c1cc(C(=O)N2Cc3ccc(CN4CCC(CN5CC(C(=O)O)C5)CC4)cc3C2)c(O)cc1O. The van der Waals surface area contributed by atoms with Crippen molar-refractivity contribution in [2.75, 3.05) is 32.7 Å². The van der Waals surface area contributed by atoms with E-state index < -0.39 is 5.97 Å². The fraction of sp³-hybridized carbons (Fsp3) is 0.517. The van der Waals surface area contributed by atoms with Gasteiger partial charge in [0.2, 0.25) is 0 Å². The number of aliphatic carboxylic acids is 1. The molecule has 0 saturated carbocycles. The molecule has 8 nitrogen and oxygen atoms in total. The summed E-state index contributed by atoms with van der Waals surface area (Å²) in [4.78, 5) is 30.8. The highest BCUT2D eigenvalue weighted by molar-refractivity contribution is 5.97. The summed E-state index contributed by atoms with van der Waals surface area (Å²) >= 11 is 0. The third-order valence-corrected chi connectivity index (χ3v) is 8.21. The van der Waals surface area contributed by atoms with E-state index in [9.17, 15) is 19.8 Å². The fourth-order valence-electron chi connectivity index (χ4n) is 5.91. The standard InChI is InChI=1S/C29H37N3O5/c1-18(2)24-10-25(27(34)11-26(24)33)28(35)32-16-21-4-3-20(9-22(21)17-32)13-30-7-5-19(6-8-30)12-31-14-23(15-31)29(36)37/h3-4,9-11,18-19,23,33-34H,5-8,12-17H2,1-2H3,(H,36,37). The number of phenols is 2. The molecule has 3 heterocycles. The second-order valence-electron chi connectivity index (χ2n) is 11.3. The van der Waals surface area contributed by atoms with Gasteiger partial charge in [-0.3, -0.25) is 14.5 Å². The molecule has 198 valence electrons. The van der Waals surface area contributed by atoms with E-state index in [1.807, 2.05) is 13.8 Å². The number of rotatable bonds is 7. The van der Waals surface area contributed by atoms with E-state index >= 15 is 0 Å². The molecule has 2 fully saturated rings. The minimum atomic E-state index is -0.674. The summed E-state index contributed by atoms with van der Waals surface area (Å²) in [6.45, 7) is 10.3. The van der Waals surface area contributed by atoms with Crippen LogP contribution in [0.3, 0.4) is 0 Å². The highest BCUT2D eigenvalue weighted by Gasteiger charge is 2.34. The molecule has 0 radical (unpaired) electrons. The third-order valence-electron chi connectivity index (χ3n) is 8.21. The van der Waals surface area contributed by atoms with Gasteiger partial charge in [-0.2, -0.15) is 0 Å². The van der Waals surface area contributed by atoms with Gasteiger partial charge in [0.25, 0.3) is 5.91 Å². The molecule has 0 aromatic heterocycles. The second kappa shape index (κ2) is 10.3. The van der Waals surface area contributed by atoms with Crippen LogP contribution in [0.5, 0.6) is 11.5 Å². The van der Waals surface area contributed by atoms with Crippen molar-refractivity contribution in [1.82, 2.24) is 14.7 Å². The molecule has 3 aliphatic heterocycles. The summed E-state index contributed by atoms with van der Waals surface area (Å²) < 4.78 is 0. The molecule has 2 saturated heterocycles. The molecule has 1 amide bonds. The Kier molecular flexibility index (Phi) is 7.14. The van der Waals surface area contributed by atoms with Crippen LogP contribution in [-0.4, -0.2) is 74.6 Å². The Bertz CT molecular complexity index is 1180. The van der Waals surface area contributed by atoms with Gasteiger partial charge in [-0.05, 0) is 66.1 Å². The highest BCUT2D eigenvalue weighted by atomic mass is 16.4. The van der Waals surface area contributed by atoms with Crippen LogP contribution in [0.4, 0.5) is 0 Å². The number of aromatic hydroxyl groups is 2. The number of benzene rings is 2. The van der Waals surface area contributed by atoms with Crippen LogP contribution in [0.2, 0.25) is 0 Å². The number of carboxylic acid groups (broad SMARTS) is 1. The van der Waals surface area contributed by atoms with E-state index in [0.29, 0.717) is 37.7 Å². The fourth-order valence-corrected chi connectivity index (χ4v) is 5.91. The summed E-state index contributed by atoms with van der Waals surface area (Å²) in [5, 5.41) is 29.5. The van der Waals surface area contributed by atoms with Gasteiger partial charge in [-0.1, -0.05) is 32.0 Å². The maximum absolute atomic E-state index is 13.3. The van der Waals surface area contributed by atoms with Gasteiger partial charge in [-0.15, -0.1) is 0 Å². The van der Waals surface area contributed by atoms with Crippen LogP contribution in [-0.2, 0) is 24.4 Å². The van der Waals surface area contributed by atoms with Gasteiger partial charge in [0, 0.05) is 45.3 Å². The number of phenolic OH excluding ortho intramolecular Hbond substituents is 2. The van der Waals surface area contributed by atoms with Crippen LogP contribution < -0.4 is 0 Å². The zero-order valence-electron chi connectivity index (χ0n) is 21.7. The first kappa shape index (κ1) is 25.5. The predicted octanol–water partition coefficient (Wildman–Crippen LogP) is 3.61. The number of carbonyl (C=O) groups is 2. The summed E-state index contributed by atoms with van der Waals surface area (Å²) in [6.07, 6.45) is 2.27. The molecule has 3 N–H and O–H groups in total. The number of hydrogen-bond acceptors (Lipinski definition) is 6. The average Bonchev–Trinajstić information content (AvgIpc) is 3.25. The molecule has 0 atom stereocenters. The van der Waals surface area contributed by atoms with Crippen LogP contribution in [0.15, 0.2) is 30.3 Å². The van der Waals surface area contributed by atoms with Crippen LogP contribution in [0, 0.1) is 11.8 Å². The van der Waals surface area contributed by atoms with Gasteiger partial charge in [0.15, 0.2) is 0 Å². The smallest absolute Gasteiger partial charge is 0.309 e. The molecular weight excluding hydrogens is 470 g/mol. The molecule has 0 spiro atoms. The van der Waals surface area contributed by atoms with Gasteiger partial charge in [0.05, 0.1) is 11.5 Å². The lowest BCUT2D eigenvalue weighted by Crippen LogP contribution is -2.52. The summed E-state index contributed by atoms with van der Waals surface area (Å²) in [5.41, 5.74) is 4.40. The first-order chi connectivity index (χ1) is 17.7. The number of nitrogens with zero attached hydrogens (tertiary/aromatic N) is 3. The molecule has 2 aromatic rings. The lowest BCUT2D eigenvalue weighted by molar-refractivity contribution is -0.147. The van der Waals surface area contributed by atoms with E-state index in [4.69, 9.17) is 5.11 Å². The number of likely N-dealkylation sites (tertiary alicyclic amines) is 2. The maximum atomic E-state index is 13.3. The average molecular weight is 508 g/mol. The Morgan fingerprint density at radius 1 is 0.946 bits per heavy atom. The van der Waals surface area contributed by atoms with E-state index in [2.05, 4.69) is 28.0 Å². The molecule has 0 bridgehead atoms. The quantitative estimate of drug-likeness (QED) is 0.526. The topological polar surface area (TPSA) is 105 Å². The molecule has 0 unspecified atom stereocenters. The second-order valence-corrected chi connectivity index (χ2v) is 11.3. The Labute approximate surface area is 218 Å². The van der Waals surface area contributed by atoms with Crippen molar-refractivity contribution >= 4 is 11.9 Å². The van der Waals surface area contributed by atoms with E-state index in [1.165, 1.54) is 11.6 Å². The van der Waals surface area contributed by atoms with Crippen molar-refractivity contribution in [3.8, 4) is 11.5 Å². The number of fused-ring (bicyclic) bond motifs is 1. The maximum Gasteiger partial charge on any atom is 0.309 e. The van der Waals surface area contributed by atoms with Crippen molar-refractivity contribution in [2.24, 2.45) is 11.8 Å². The minimum Gasteiger partial charge on any atom is -0.508 e. The Morgan fingerprint density at radius 3 is 2.32 bits per heavy atom. The number of amides is 1. The van der Waals surface area contributed by atoms with Gasteiger partial charge >= 0.3 is 5.97 Å². The third kappa shape index (κ3) is 5.45. The highest BCUT2D eigenvalue weighted by Crippen LogP contribution is 2.35. The zero-order valence-corrected chi connectivity index (χ0v) is 21.7. The molecule has 8 heteroatoms. The molecule has 0 aliphatic carbocycles. The van der Waals surface area contributed by atoms with Crippen molar-refractivity contribution in [3.63, 3.8) is 0 Å².